The molecule has 0 radical (unpaired) electrons. The van der Waals surface area contributed by atoms with E-state index in [0.29, 0.717) is 0 Å². The zero-order valence-corrected chi connectivity index (χ0v) is 12.5. The number of rotatable bonds is 3. The van der Waals surface area contributed by atoms with Gasteiger partial charge in [0.1, 0.15) is 5.82 Å². The molecule has 0 amide bonds. The van der Waals surface area contributed by atoms with Crippen molar-refractivity contribution >= 4 is 23.3 Å². The van der Waals surface area contributed by atoms with E-state index in [9.17, 15) is 0 Å². The van der Waals surface area contributed by atoms with Crippen molar-refractivity contribution in [1.82, 2.24) is 15.0 Å². The average Bonchev–Trinajstić information content (AvgIpc) is 3.04. The zero-order valence-electron chi connectivity index (χ0n) is 12.5. The van der Waals surface area contributed by atoms with Crippen molar-refractivity contribution in [3.05, 3.63) is 84.3 Å². The SMILES string of the molecule is C(=C\c1nc2ncc(-c3ccccc3)cc2[nH]1)/c1ccccc1. The van der Waals surface area contributed by atoms with Gasteiger partial charge in [0.15, 0.2) is 5.65 Å². The molecular formula is C20H15N3. The van der Waals surface area contributed by atoms with Gasteiger partial charge < -0.3 is 4.98 Å². The van der Waals surface area contributed by atoms with Crippen molar-refractivity contribution in [1.29, 1.82) is 0 Å². The first-order chi connectivity index (χ1) is 11.4. The topological polar surface area (TPSA) is 41.6 Å². The molecule has 0 saturated carbocycles. The molecule has 4 rings (SSSR count). The fourth-order valence-electron chi connectivity index (χ4n) is 2.53. The second kappa shape index (κ2) is 5.89. The number of aromatic amines is 1. The van der Waals surface area contributed by atoms with E-state index in [1.54, 1.807) is 0 Å². The standard InChI is InChI=1S/C20H15N3/c1-3-7-15(8-4-1)11-12-19-22-18-13-17(14-21-20(18)23-19)16-9-5-2-6-10-16/h1-14H,(H,21,22,23)/b12-11+. The summed E-state index contributed by atoms with van der Waals surface area (Å²) in [7, 11) is 0. The zero-order chi connectivity index (χ0) is 15.5. The number of nitrogens with one attached hydrogen (secondary N) is 1. The van der Waals surface area contributed by atoms with Crippen LogP contribution >= 0.6 is 0 Å². The molecule has 2 heterocycles. The van der Waals surface area contributed by atoms with E-state index >= 15 is 0 Å². The van der Waals surface area contributed by atoms with Crippen LogP contribution in [0.25, 0.3) is 34.4 Å². The monoisotopic (exact) mass is 297 g/mol. The maximum Gasteiger partial charge on any atom is 0.178 e. The molecule has 23 heavy (non-hydrogen) atoms. The van der Waals surface area contributed by atoms with Crippen molar-refractivity contribution in [2.24, 2.45) is 0 Å². The van der Waals surface area contributed by atoms with Crippen LogP contribution in [-0.2, 0) is 0 Å². The summed E-state index contributed by atoms with van der Waals surface area (Å²) in [6.07, 6.45) is 5.87. The van der Waals surface area contributed by atoms with Crippen LogP contribution in [0.1, 0.15) is 11.4 Å². The minimum absolute atomic E-state index is 0.734. The number of fused-ring (bicyclic) bond motifs is 1. The van der Waals surface area contributed by atoms with Crippen LogP contribution in [0.3, 0.4) is 0 Å². The Morgan fingerprint density at radius 3 is 2.30 bits per heavy atom. The molecule has 3 heteroatoms. The van der Waals surface area contributed by atoms with Gasteiger partial charge in [0.2, 0.25) is 0 Å². The lowest BCUT2D eigenvalue weighted by atomic mass is 10.1. The summed E-state index contributed by atoms with van der Waals surface area (Å²) in [4.78, 5) is 12.3. The Labute approximate surface area is 134 Å². The van der Waals surface area contributed by atoms with Crippen LogP contribution in [0.2, 0.25) is 0 Å². The maximum absolute atomic E-state index is 4.51. The fraction of sp³-hybridized carbons (Fsp3) is 0. The molecule has 110 valence electrons. The van der Waals surface area contributed by atoms with E-state index in [1.807, 2.05) is 54.7 Å². The third kappa shape index (κ3) is 2.90. The summed E-state index contributed by atoms with van der Waals surface area (Å²) in [5.41, 5.74) is 5.06. The Balaban J connectivity index is 1.67. The molecule has 2 aromatic carbocycles. The van der Waals surface area contributed by atoms with Gasteiger partial charge >= 0.3 is 0 Å². The van der Waals surface area contributed by atoms with Crippen LogP contribution < -0.4 is 0 Å². The third-order valence-corrected chi connectivity index (χ3v) is 3.70. The number of aromatic nitrogens is 3. The molecule has 0 fully saturated rings. The van der Waals surface area contributed by atoms with Gasteiger partial charge in [0, 0.05) is 11.8 Å². The first-order valence-electron chi connectivity index (χ1n) is 7.53. The second-order valence-electron chi connectivity index (χ2n) is 5.33. The van der Waals surface area contributed by atoms with Crippen LogP contribution in [0.15, 0.2) is 72.9 Å². The lowest BCUT2D eigenvalue weighted by Crippen LogP contribution is -1.81. The van der Waals surface area contributed by atoms with Crippen molar-refractivity contribution in [3.8, 4) is 11.1 Å². The van der Waals surface area contributed by atoms with Crippen LogP contribution in [0.5, 0.6) is 0 Å². The first kappa shape index (κ1) is 13.5. The van der Waals surface area contributed by atoms with Crippen molar-refractivity contribution in [3.63, 3.8) is 0 Å². The molecule has 3 nitrogen and oxygen atoms in total. The quantitative estimate of drug-likeness (QED) is 0.590. The summed E-state index contributed by atoms with van der Waals surface area (Å²) < 4.78 is 0. The predicted molar refractivity (Wildman–Crippen MR) is 94.7 cm³/mol. The normalized spacial score (nSPS) is 11.3. The van der Waals surface area contributed by atoms with Gasteiger partial charge in [0.05, 0.1) is 5.52 Å². The highest BCUT2D eigenvalue weighted by molar-refractivity contribution is 5.80. The fourth-order valence-corrected chi connectivity index (χ4v) is 2.53. The first-order valence-corrected chi connectivity index (χ1v) is 7.53. The van der Waals surface area contributed by atoms with Crippen LogP contribution in [0.4, 0.5) is 0 Å². The number of pyridine rings is 1. The van der Waals surface area contributed by atoms with Gasteiger partial charge in [0.25, 0.3) is 0 Å². The lowest BCUT2D eigenvalue weighted by Gasteiger charge is -1.99. The number of benzene rings is 2. The molecular weight excluding hydrogens is 282 g/mol. The average molecular weight is 297 g/mol. The lowest BCUT2D eigenvalue weighted by molar-refractivity contribution is 1.27. The van der Waals surface area contributed by atoms with E-state index in [0.717, 1.165) is 33.7 Å². The summed E-state index contributed by atoms with van der Waals surface area (Å²) in [6, 6.07) is 22.5. The van der Waals surface area contributed by atoms with E-state index in [-0.39, 0.29) is 0 Å². The smallest absolute Gasteiger partial charge is 0.178 e. The number of imidazole rings is 1. The largest absolute Gasteiger partial charge is 0.337 e. The molecule has 2 aromatic heterocycles. The minimum atomic E-state index is 0.734. The molecule has 0 spiro atoms. The highest BCUT2D eigenvalue weighted by atomic mass is 15.0. The van der Waals surface area contributed by atoms with E-state index < -0.39 is 0 Å². The van der Waals surface area contributed by atoms with Crippen molar-refractivity contribution in [2.45, 2.75) is 0 Å². The molecule has 0 unspecified atom stereocenters. The molecule has 0 saturated heterocycles. The van der Waals surface area contributed by atoms with Crippen LogP contribution in [-0.4, -0.2) is 15.0 Å². The second-order valence-corrected chi connectivity index (χ2v) is 5.33. The van der Waals surface area contributed by atoms with E-state index in [2.05, 4.69) is 45.3 Å². The summed E-state index contributed by atoms with van der Waals surface area (Å²) in [5, 5.41) is 0. The van der Waals surface area contributed by atoms with Gasteiger partial charge in [-0.05, 0) is 23.3 Å². The Morgan fingerprint density at radius 2 is 1.52 bits per heavy atom. The van der Waals surface area contributed by atoms with Gasteiger partial charge in [-0.2, -0.15) is 0 Å². The Hall–Kier alpha value is -3.20. The predicted octanol–water partition coefficient (Wildman–Crippen LogP) is 4.80. The number of H-pyrrole nitrogens is 1. The van der Waals surface area contributed by atoms with E-state index in [4.69, 9.17) is 0 Å². The summed E-state index contributed by atoms with van der Waals surface area (Å²) >= 11 is 0. The number of hydrogen-bond acceptors (Lipinski definition) is 2. The maximum atomic E-state index is 4.51. The van der Waals surface area contributed by atoms with E-state index in [1.165, 1.54) is 0 Å². The Kier molecular flexibility index (Phi) is 3.45. The van der Waals surface area contributed by atoms with Gasteiger partial charge in [-0.3, -0.25) is 0 Å². The highest BCUT2D eigenvalue weighted by Crippen LogP contribution is 2.21. The Bertz CT molecular complexity index is 954. The third-order valence-electron chi connectivity index (χ3n) is 3.70. The summed E-state index contributed by atoms with van der Waals surface area (Å²) in [5.74, 6) is 0.807. The van der Waals surface area contributed by atoms with Crippen molar-refractivity contribution < 1.29 is 0 Å². The molecule has 0 bridgehead atoms. The molecule has 0 atom stereocenters. The van der Waals surface area contributed by atoms with Crippen molar-refractivity contribution in [2.75, 3.05) is 0 Å². The number of hydrogen-bond donors (Lipinski definition) is 1. The van der Waals surface area contributed by atoms with Crippen LogP contribution in [0, 0.1) is 0 Å². The van der Waals surface area contributed by atoms with Gasteiger partial charge in [-0.25, -0.2) is 9.97 Å². The number of nitrogens with zero attached hydrogens (tertiary/aromatic N) is 2. The Morgan fingerprint density at radius 1 is 0.783 bits per heavy atom. The summed E-state index contributed by atoms with van der Waals surface area (Å²) in [6.45, 7) is 0. The van der Waals surface area contributed by atoms with Gasteiger partial charge in [-0.15, -0.1) is 0 Å². The minimum Gasteiger partial charge on any atom is -0.337 e. The molecule has 4 aromatic rings. The molecule has 0 aliphatic rings. The molecule has 0 aliphatic heterocycles. The highest BCUT2D eigenvalue weighted by Gasteiger charge is 2.04. The molecule has 1 N–H and O–H groups in total. The van der Waals surface area contributed by atoms with Gasteiger partial charge in [-0.1, -0.05) is 66.7 Å². The molecule has 0 aliphatic carbocycles.